The third kappa shape index (κ3) is 4.52. The van der Waals surface area contributed by atoms with Crippen molar-refractivity contribution < 1.29 is 9.47 Å². The maximum absolute atomic E-state index is 5.63. The quantitative estimate of drug-likeness (QED) is 0.559. The van der Waals surface area contributed by atoms with Gasteiger partial charge in [-0.25, -0.2) is 0 Å². The van der Waals surface area contributed by atoms with Gasteiger partial charge < -0.3 is 9.47 Å². The molecule has 98 valence electrons. The molecular weight excluding hydrogens is 224 g/mol. The average molecular weight is 246 g/mol. The average Bonchev–Trinajstić information content (AvgIpc) is 2.39. The molecule has 0 bridgehead atoms. The van der Waals surface area contributed by atoms with E-state index in [0.717, 1.165) is 24.0 Å². The number of benzene rings is 1. The molecule has 0 aliphatic rings. The smallest absolute Gasteiger partial charge is 0.184 e. The molecular formula is C16H22O2. The summed E-state index contributed by atoms with van der Waals surface area (Å²) in [4.78, 5) is 0. The Morgan fingerprint density at radius 1 is 1.06 bits per heavy atom. The Hall–Kier alpha value is -1.30. The molecule has 1 rings (SSSR count). The van der Waals surface area contributed by atoms with E-state index in [1.807, 2.05) is 38.1 Å². The zero-order valence-electron chi connectivity index (χ0n) is 11.5. The standard InChI is InChI=1S/C16H22O2/c1-4-7-8-11-14-12-9-10-13-15(14)16(17-5-2)18-6-3/h9-10,12-13,16H,4-7H2,1-3H3. The van der Waals surface area contributed by atoms with E-state index in [-0.39, 0.29) is 6.29 Å². The van der Waals surface area contributed by atoms with Crippen molar-refractivity contribution in [1.82, 2.24) is 0 Å². The normalized spacial score (nSPS) is 10.2. The lowest BCUT2D eigenvalue weighted by atomic mass is 10.1. The van der Waals surface area contributed by atoms with Gasteiger partial charge in [0.15, 0.2) is 6.29 Å². The number of rotatable bonds is 6. The highest BCUT2D eigenvalue weighted by Gasteiger charge is 2.14. The van der Waals surface area contributed by atoms with Gasteiger partial charge in [0.25, 0.3) is 0 Å². The third-order valence-corrected chi connectivity index (χ3v) is 2.45. The molecule has 2 heteroatoms. The molecule has 0 unspecified atom stereocenters. The van der Waals surface area contributed by atoms with Crippen molar-refractivity contribution in [2.75, 3.05) is 13.2 Å². The topological polar surface area (TPSA) is 18.5 Å². The van der Waals surface area contributed by atoms with Crippen LogP contribution in [0.3, 0.4) is 0 Å². The molecule has 0 saturated heterocycles. The van der Waals surface area contributed by atoms with Crippen molar-refractivity contribution >= 4 is 0 Å². The van der Waals surface area contributed by atoms with Crippen molar-refractivity contribution in [3.05, 3.63) is 35.4 Å². The molecule has 0 spiro atoms. The molecule has 0 fully saturated rings. The summed E-state index contributed by atoms with van der Waals surface area (Å²) in [7, 11) is 0. The number of hydrogen-bond acceptors (Lipinski definition) is 2. The molecule has 0 N–H and O–H groups in total. The van der Waals surface area contributed by atoms with E-state index in [0.29, 0.717) is 13.2 Å². The highest BCUT2D eigenvalue weighted by atomic mass is 16.7. The molecule has 0 aliphatic heterocycles. The SMILES string of the molecule is CCCC#Cc1ccccc1C(OCC)OCC. The third-order valence-electron chi connectivity index (χ3n) is 2.45. The summed E-state index contributed by atoms with van der Waals surface area (Å²) >= 11 is 0. The molecule has 0 amide bonds. The molecule has 2 nitrogen and oxygen atoms in total. The van der Waals surface area contributed by atoms with E-state index in [4.69, 9.17) is 9.47 Å². The minimum Gasteiger partial charge on any atom is -0.349 e. The Bertz CT molecular complexity index is 395. The van der Waals surface area contributed by atoms with Gasteiger partial charge in [-0.3, -0.25) is 0 Å². The molecule has 18 heavy (non-hydrogen) atoms. The van der Waals surface area contributed by atoms with Crippen LogP contribution in [-0.2, 0) is 9.47 Å². The number of ether oxygens (including phenoxy) is 2. The van der Waals surface area contributed by atoms with Gasteiger partial charge in [0.2, 0.25) is 0 Å². The zero-order chi connectivity index (χ0) is 13.2. The van der Waals surface area contributed by atoms with Crippen LogP contribution < -0.4 is 0 Å². The maximum Gasteiger partial charge on any atom is 0.184 e. The first kappa shape index (κ1) is 14.8. The van der Waals surface area contributed by atoms with Gasteiger partial charge in [-0.05, 0) is 26.3 Å². The van der Waals surface area contributed by atoms with Crippen molar-refractivity contribution in [3.63, 3.8) is 0 Å². The van der Waals surface area contributed by atoms with E-state index < -0.39 is 0 Å². The highest BCUT2D eigenvalue weighted by Crippen LogP contribution is 2.22. The van der Waals surface area contributed by atoms with Crippen LogP contribution in [0.5, 0.6) is 0 Å². The van der Waals surface area contributed by atoms with Gasteiger partial charge in [-0.15, -0.1) is 0 Å². The summed E-state index contributed by atoms with van der Waals surface area (Å²) in [5.41, 5.74) is 2.02. The molecule has 1 aromatic carbocycles. The van der Waals surface area contributed by atoms with Gasteiger partial charge in [-0.2, -0.15) is 0 Å². The van der Waals surface area contributed by atoms with Crippen LogP contribution in [0.15, 0.2) is 24.3 Å². The largest absolute Gasteiger partial charge is 0.349 e. The highest BCUT2D eigenvalue weighted by molar-refractivity contribution is 5.42. The second kappa shape index (κ2) is 8.74. The summed E-state index contributed by atoms with van der Waals surface area (Å²) in [6.45, 7) is 7.32. The van der Waals surface area contributed by atoms with E-state index in [1.54, 1.807) is 0 Å². The summed E-state index contributed by atoms with van der Waals surface area (Å²) in [5, 5.41) is 0. The summed E-state index contributed by atoms with van der Waals surface area (Å²) < 4.78 is 11.3. The number of unbranched alkanes of at least 4 members (excludes halogenated alkanes) is 1. The summed E-state index contributed by atoms with van der Waals surface area (Å²) in [6.07, 6.45) is 1.68. The fraction of sp³-hybridized carbons (Fsp3) is 0.500. The lowest BCUT2D eigenvalue weighted by Gasteiger charge is -2.18. The lowest BCUT2D eigenvalue weighted by Crippen LogP contribution is -2.10. The molecule has 0 aliphatic carbocycles. The Kier molecular flexibility index (Phi) is 7.17. The second-order valence-electron chi connectivity index (χ2n) is 3.88. The fourth-order valence-corrected chi connectivity index (χ4v) is 1.63. The van der Waals surface area contributed by atoms with E-state index in [1.165, 1.54) is 0 Å². The van der Waals surface area contributed by atoms with Crippen molar-refractivity contribution in [2.24, 2.45) is 0 Å². The van der Waals surface area contributed by atoms with Crippen LogP contribution >= 0.6 is 0 Å². The van der Waals surface area contributed by atoms with Gasteiger partial charge in [-0.1, -0.05) is 37.0 Å². The number of hydrogen-bond donors (Lipinski definition) is 0. The fourth-order valence-electron chi connectivity index (χ4n) is 1.63. The van der Waals surface area contributed by atoms with E-state index in [9.17, 15) is 0 Å². The Morgan fingerprint density at radius 2 is 1.72 bits per heavy atom. The van der Waals surface area contributed by atoms with Crippen LogP contribution in [0, 0.1) is 11.8 Å². The molecule has 1 aromatic rings. The van der Waals surface area contributed by atoms with E-state index in [2.05, 4.69) is 18.8 Å². The first-order chi connectivity index (χ1) is 8.83. The van der Waals surface area contributed by atoms with Gasteiger partial charge in [0.1, 0.15) is 0 Å². The summed E-state index contributed by atoms with van der Waals surface area (Å²) in [5.74, 6) is 6.37. The van der Waals surface area contributed by atoms with Gasteiger partial charge >= 0.3 is 0 Å². The van der Waals surface area contributed by atoms with E-state index >= 15 is 0 Å². The zero-order valence-corrected chi connectivity index (χ0v) is 11.5. The Labute approximate surface area is 110 Å². The minimum absolute atomic E-state index is 0.313. The minimum atomic E-state index is -0.313. The van der Waals surface area contributed by atoms with Gasteiger partial charge in [0.05, 0.1) is 0 Å². The Morgan fingerprint density at radius 3 is 2.33 bits per heavy atom. The first-order valence-corrected chi connectivity index (χ1v) is 6.64. The lowest BCUT2D eigenvalue weighted by molar-refractivity contribution is -0.140. The predicted octanol–water partition coefficient (Wildman–Crippen LogP) is 3.91. The van der Waals surface area contributed by atoms with Gasteiger partial charge in [0, 0.05) is 30.8 Å². The first-order valence-electron chi connectivity index (χ1n) is 6.64. The molecule has 0 aromatic heterocycles. The van der Waals surface area contributed by atoms with Crippen LogP contribution in [0.4, 0.5) is 0 Å². The molecule has 0 radical (unpaired) electrons. The monoisotopic (exact) mass is 246 g/mol. The van der Waals surface area contributed by atoms with Crippen LogP contribution in [0.2, 0.25) is 0 Å². The molecule has 0 atom stereocenters. The summed E-state index contributed by atoms with van der Waals surface area (Å²) in [6, 6.07) is 8.02. The maximum atomic E-state index is 5.63. The van der Waals surface area contributed by atoms with Crippen molar-refractivity contribution in [1.29, 1.82) is 0 Å². The Balaban J connectivity index is 2.95. The second-order valence-corrected chi connectivity index (χ2v) is 3.88. The van der Waals surface area contributed by atoms with Crippen LogP contribution in [-0.4, -0.2) is 13.2 Å². The predicted molar refractivity (Wildman–Crippen MR) is 74.2 cm³/mol. The molecule has 0 saturated carbocycles. The van der Waals surface area contributed by atoms with Crippen molar-refractivity contribution in [2.45, 2.75) is 39.9 Å². The van der Waals surface area contributed by atoms with Crippen molar-refractivity contribution in [3.8, 4) is 11.8 Å². The van der Waals surface area contributed by atoms with Crippen LogP contribution in [0.25, 0.3) is 0 Å². The van der Waals surface area contributed by atoms with Crippen LogP contribution in [0.1, 0.15) is 51.0 Å². The molecule has 0 heterocycles.